The summed E-state index contributed by atoms with van der Waals surface area (Å²) < 4.78 is 5.71. The highest BCUT2D eigenvalue weighted by molar-refractivity contribution is 5.80. The average Bonchev–Trinajstić information content (AvgIpc) is 2.91. The summed E-state index contributed by atoms with van der Waals surface area (Å²) in [6, 6.07) is 16.1. The minimum absolute atomic E-state index is 0.0282. The Bertz CT molecular complexity index is 1260. The van der Waals surface area contributed by atoms with Gasteiger partial charge in [-0.05, 0) is 50.5 Å². The molecule has 0 aliphatic heterocycles. The summed E-state index contributed by atoms with van der Waals surface area (Å²) in [6.45, 7) is 12.5. The van der Waals surface area contributed by atoms with E-state index in [9.17, 15) is 10.1 Å². The number of nitro benzene ring substituents is 1. The van der Waals surface area contributed by atoms with E-state index in [1.807, 2.05) is 18.2 Å². The van der Waals surface area contributed by atoms with Crippen LogP contribution in [0.2, 0.25) is 0 Å². The van der Waals surface area contributed by atoms with E-state index in [4.69, 9.17) is 9.72 Å². The minimum atomic E-state index is -0.437. The Labute approximate surface area is 230 Å². The largest absolute Gasteiger partial charge is 0.479 e. The lowest BCUT2D eigenvalue weighted by Crippen LogP contribution is -2.26. The van der Waals surface area contributed by atoms with Crippen LogP contribution >= 0.6 is 0 Å². The van der Waals surface area contributed by atoms with Crippen LogP contribution in [0.3, 0.4) is 0 Å². The maximum Gasteiger partial charge on any atom is 0.269 e. The van der Waals surface area contributed by atoms with Gasteiger partial charge in [-0.15, -0.1) is 0 Å². The van der Waals surface area contributed by atoms with E-state index < -0.39 is 4.92 Å². The number of aryl methyl sites for hydroxylation is 2. The fraction of sp³-hybridized carbons (Fsp3) is 0.345. The van der Waals surface area contributed by atoms with Crippen molar-refractivity contribution in [3.8, 4) is 0 Å². The SMILES string of the molecule is C=C(Nc1ccc([N+](=O)[O-])cc1)OCCCc1nc(N/N=C/c2cccc(C)c2)cc(N(CCC)CCC)n1. The summed E-state index contributed by atoms with van der Waals surface area (Å²) in [5.41, 5.74) is 5.95. The monoisotopic (exact) mass is 531 g/mol. The average molecular weight is 532 g/mol. The Morgan fingerprint density at radius 3 is 2.54 bits per heavy atom. The molecule has 2 N–H and O–H groups in total. The third-order valence-electron chi connectivity index (χ3n) is 5.69. The van der Waals surface area contributed by atoms with Gasteiger partial charge in [-0.25, -0.2) is 9.97 Å². The van der Waals surface area contributed by atoms with Gasteiger partial charge in [0.05, 0.1) is 17.7 Å². The standard InChI is InChI=1S/C29H37N7O3/c1-5-16-35(17-6-2)29-20-28(34-30-21-24-10-7-9-22(3)19-24)32-27(33-29)11-8-18-39-23(4)31-25-12-14-26(15-13-25)36(37)38/h7,9-10,12-15,19-21,31H,4-6,8,11,16-18H2,1-3H3,(H,32,33,34)/b30-21+. The van der Waals surface area contributed by atoms with Crippen LogP contribution in [0.4, 0.5) is 23.0 Å². The van der Waals surface area contributed by atoms with E-state index in [1.54, 1.807) is 18.3 Å². The number of rotatable bonds is 16. The van der Waals surface area contributed by atoms with E-state index >= 15 is 0 Å². The molecule has 3 aromatic rings. The summed E-state index contributed by atoms with van der Waals surface area (Å²) in [6.07, 6.45) is 5.11. The summed E-state index contributed by atoms with van der Waals surface area (Å²) in [4.78, 5) is 22.2. The molecule has 1 heterocycles. The smallest absolute Gasteiger partial charge is 0.269 e. The number of anilines is 3. The molecular formula is C29H37N7O3. The van der Waals surface area contributed by atoms with Crippen LogP contribution in [0.5, 0.6) is 0 Å². The van der Waals surface area contributed by atoms with E-state index in [2.05, 4.69) is 65.2 Å². The van der Waals surface area contributed by atoms with Gasteiger partial charge < -0.3 is 15.0 Å². The predicted octanol–water partition coefficient (Wildman–Crippen LogP) is 6.30. The van der Waals surface area contributed by atoms with Crippen LogP contribution in [0.1, 0.15) is 50.1 Å². The molecule has 3 rings (SSSR count). The number of benzene rings is 2. The van der Waals surface area contributed by atoms with Crippen molar-refractivity contribution in [1.82, 2.24) is 9.97 Å². The number of hydrazone groups is 1. The molecule has 0 saturated heterocycles. The molecule has 0 aliphatic carbocycles. The third-order valence-corrected chi connectivity index (χ3v) is 5.69. The third kappa shape index (κ3) is 9.73. The number of hydrogen-bond acceptors (Lipinski definition) is 9. The first-order valence-electron chi connectivity index (χ1n) is 13.2. The Balaban J connectivity index is 1.61. The van der Waals surface area contributed by atoms with Crippen molar-refractivity contribution in [2.24, 2.45) is 5.10 Å². The number of aromatic nitrogens is 2. The Kier molecular flexibility index (Phi) is 11.2. The first kappa shape index (κ1) is 29.1. The fourth-order valence-electron chi connectivity index (χ4n) is 3.91. The highest BCUT2D eigenvalue weighted by Gasteiger charge is 2.11. The molecule has 0 atom stereocenters. The molecule has 0 aliphatic rings. The fourth-order valence-corrected chi connectivity index (χ4v) is 3.91. The zero-order valence-electron chi connectivity index (χ0n) is 22.9. The van der Waals surface area contributed by atoms with Gasteiger partial charge in [0.2, 0.25) is 0 Å². The summed E-state index contributed by atoms with van der Waals surface area (Å²) in [7, 11) is 0. The van der Waals surface area contributed by atoms with Gasteiger partial charge >= 0.3 is 0 Å². The first-order chi connectivity index (χ1) is 18.9. The summed E-state index contributed by atoms with van der Waals surface area (Å²) in [5, 5.41) is 18.2. The molecule has 0 unspecified atom stereocenters. The maximum absolute atomic E-state index is 10.8. The predicted molar refractivity (Wildman–Crippen MR) is 157 cm³/mol. The van der Waals surface area contributed by atoms with Crippen molar-refractivity contribution in [2.75, 3.05) is 35.3 Å². The van der Waals surface area contributed by atoms with Gasteiger partial charge in [0.15, 0.2) is 11.7 Å². The van der Waals surface area contributed by atoms with Crippen LogP contribution in [0, 0.1) is 17.0 Å². The number of ether oxygens (including phenoxy) is 1. The van der Waals surface area contributed by atoms with Gasteiger partial charge in [-0.3, -0.25) is 15.5 Å². The van der Waals surface area contributed by atoms with Gasteiger partial charge in [0.1, 0.15) is 11.6 Å². The lowest BCUT2D eigenvalue weighted by molar-refractivity contribution is -0.384. The molecule has 1 aromatic heterocycles. The van der Waals surface area contributed by atoms with Crippen molar-refractivity contribution < 1.29 is 9.66 Å². The van der Waals surface area contributed by atoms with Crippen molar-refractivity contribution in [3.05, 3.63) is 94.1 Å². The van der Waals surface area contributed by atoms with Gasteiger partial charge in [0.25, 0.3) is 5.69 Å². The van der Waals surface area contributed by atoms with Crippen LogP contribution < -0.4 is 15.6 Å². The molecule has 10 heteroatoms. The van der Waals surface area contributed by atoms with Crippen molar-refractivity contribution >= 4 is 29.2 Å². The van der Waals surface area contributed by atoms with Gasteiger partial charge in [-0.1, -0.05) is 43.7 Å². The molecule has 10 nitrogen and oxygen atoms in total. The number of nitro groups is 1. The molecule has 0 bridgehead atoms. The second-order valence-corrected chi connectivity index (χ2v) is 9.10. The Morgan fingerprint density at radius 1 is 1.13 bits per heavy atom. The van der Waals surface area contributed by atoms with Crippen molar-refractivity contribution in [3.63, 3.8) is 0 Å². The molecule has 0 radical (unpaired) electrons. The normalized spacial score (nSPS) is 10.8. The summed E-state index contributed by atoms with van der Waals surface area (Å²) in [5.74, 6) is 2.59. The van der Waals surface area contributed by atoms with Gasteiger partial charge in [0, 0.05) is 43.4 Å². The molecule has 0 saturated carbocycles. The highest BCUT2D eigenvalue weighted by Crippen LogP contribution is 2.19. The van der Waals surface area contributed by atoms with Crippen LogP contribution in [-0.4, -0.2) is 40.8 Å². The lowest BCUT2D eigenvalue weighted by atomic mass is 10.2. The first-order valence-corrected chi connectivity index (χ1v) is 13.2. The topological polar surface area (TPSA) is 118 Å². The van der Waals surface area contributed by atoms with Crippen molar-refractivity contribution in [1.29, 1.82) is 0 Å². The number of nitrogens with one attached hydrogen (secondary N) is 2. The van der Waals surface area contributed by atoms with Crippen LogP contribution in [-0.2, 0) is 11.2 Å². The highest BCUT2D eigenvalue weighted by atomic mass is 16.6. The van der Waals surface area contributed by atoms with Crippen LogP contribution in [0.15, 0.2) is 72.2 Å². The molecule has 2 aromatic carbocycles. The lowest BCUT2D eigenvalue weighted by Gasteiger charge is -2.23. The Hall–Kier alpha value is -4.47. The maximum atomic E-state index is 10.8. The number of hydrogen-bond donors (Lipinski definition) is 2. The number of nitrogens with zero attached hydrogens (tertiary/aromatic N) is 5. The van der Waals surface area contributed by atoms with Crippen LogP contribution in [0.25, 0.3) is 0 Å². The molecular weight excluding hydrogens is 494 g/mol. The van der Waals surface area contributed by atoms with Crippen molar-refractivity contribution in [2.45, 2.75) is 46.5 Å². The zero-order chi connectivity index (χ0) is 28.0. The molecule has 0 amide bonds. The molecule has 0 fully saturated rings. The molecule has 206 valence electrons. The zero-order valence-corrected chi connectivity index (χ0v) is 22.9. The second-order valence-electron chi connectivity index (χ2n) is 9.10. The second kappa shape index (κ2) is 15.1. The Morgan fingerprint density at radius 2 is 1.87 bits per heavy atom. The van der Waals surface area contributed by atoms with E-state index in [-0.39, 0.29) is 5.69 Å². The quantitative estimate of drug-likeness (QED) is 0.0727. The van der Waals surface area contributed by atoms with E-state index in [0.717, 1.165) is 37.3 Å². The number of non-ortho nitro benzene ring substituents is 1. The minimum Gasteiger partial charge on any atom is -0.479 e. The van der Waals surface area contributed by atoms with Gasteiger partial charge in [-0.2, -0.15) is 5.10 Å². The summed E-state index contributed by atoms with van der Waals surface area (Å²) >= 11 is 0. The van der Waals surface area contributed by atoms with E-state index in [1.165, 1.54) is 17.7 Å². The van der Waals surface area contributed by atoms with E-state index in [0.29, 0.717) is 42.7 Å². The molecule has 39 heavy (non-hydrogen) atoms. The molecule has 0 spiro atoms.